The van der Waals surface area contributed by atoms with E-state index in [2.05, 4.69) is 10.4 Å². The number of nitrogens with zero attached hydrogens (tertiary/aromatic N) is 3. The van der Waals surface area contributed by atoms with Gasteiger partial charge in [0.25, 0.3) is 5.91 Å². The predicted octanol–water partition coefficient (Wildman–Crippen LogP) is 2.20. The van der Waals surface area contributed by atoms with Crippen molar-refractivity contribution in [1.29, 1.82) is 5.26 Å². The molecule has 1 aromatic carbocycles. The maximum absolute atomic E-state index is 11.9. The number of nitrogens with one attached hydrogen (secondary N) is 1. The Hall–Kier alpha value is -2.32. The minimum absolute atomic E-state index is 0.332. The number of nitriles is 1. The number of aryl methyl sites for hydroxylation is 1. The Bertz CT molecular complexity index is 642. The van der Waals surface area contributed by atoms with E-state index in [-0.39, 0.29) is 5.91 Å². The Labute approximate surface area is 109 Å². The number of amides is 1. The maximum atomic E-state index is 11.9. The summed E-state index contributed by atoms with van der Waals surface area (Å²) < 4.78 is 1.53. The second kappa shape index (κ2) is 4.90. The van der Waals surface area contributed by atoms with Crippen LogP contribution in [0.15, 0.2) is 30.6 Å². The lowest BCUT2D eigenvalue weighted by atomic mass is 10.2. The highest BCUT2D eigenvalue weighted by Crippen LogP contribution is 2.20. The summed E-state index contributed by atoms with van der Waals surface area (Å²) in [5.74, 6) is -0.332. The van der Waals surface area contributed by atoms with Crippen molar-refractivity contribution < 1.29 is 4.79 Å². The third kappa shape index (κ3) is 2.50. The van der Waals surface area contributed by atoms with Crippen LogP contribution < -0.4 is 5.32 Å². The van der Waals surface area contributed by atoms with E-state index in [0.29, 0.717) is 21.8 Å². The number of aromatic nitrogens is 2. The molecule has 0 aliphatic carbocycles. The summed E-state index contributed by atoms with van der Waals surface area (Å²) in [7, 11) is 1.72. The van der Waals surface area contributed by atoms with Crippen LogP contribution >= 0.6 is 11.6 Å². The quantitative estimate of drug-likeness (QED) is 0.900. The lowest BCUT2D eigenvalue weighted by molar-refractivity contribution is 0.102. The van der Waals surface area contributed by atoms with Crippen molar-refractivity contribution in [3.8, 4) is 6.07 Å². The summed E-state index contributed by atoms with van der Waals surface area (Å²) in [4.78, 5) is 11.9. The number of benzene rings is 1. The van der Waals surface area contributed by atoms with Gasteiger partial charge in [-0.1, -0.05) is 11.6 Å². The highest BCUT2D eigenvalue weighted by atomic mass is 35.5. The number of carbonyl (C=O) groups is 1. The molecule has 6 heteroatoms. The molecule has 0 spiro atoms. The molecule has 0 saturated heterocycles. The van der Waals surface area contributed by atoms with E-state index in [9.17, 15) is 4.79 Å². The Balaban J connectivity index is 2.27. The first-order valence-corrected chi connectivity index (χ1v) is 5.47. The summed E-state index contributed by atoms with van der Waals surface area (Å²) in [6.45, 7) is 0. The van der Waals surface area contributed by atoms with Crippen LogP contribution in [0.4, 0.5) is 5.69 Å². The van der Waals surface area contributed by atoms with Crippen molar-refractivity contribution in [1.82, 2.24) is 9.78 Å². The molecule has 2 aromatic rings. The molecular weight excluding hydrogens is 252 g/mol. The number of hydrogen-bond acceptors (Lipinski definition) is 3. The summed E-state index contributed by atoms with van der Waals surface area (Å²) in [6.07, 6.45) is 3.04. The zero-order chi connectivity index (χ0) is 13.1. The molecule has 90 valence electrons. The molecule has 1 heterocycles. The van der Waals surface area contributed by atoms with Gasteiger partial charge in [-0.2, -0.15) is 10.4 Å². The third-order valence-electron chi connectivity index (χ3n) is 2.32. The molecule has 18 heavy (non-hydrogen) atoms. The van der Waals surface area contributed by atoms with Crippen LogP contribution in [-0.2, 0) is 7.05 Å². The van der Waals surface area contributed by atoms with Gasteiger partial charge in [0, 0.05) is 18.3 Å². The first kappa shape index (κ1) is 12.1. The van der Waals surface area contributed by atoms with Crippen molar-refractivity contribution in [2.75, 3.05) is 5.32 Å². The molecule has 5 nitrogen and oxygen atoms in total. The van der Waals surface area contributed by atoms with E-state index in [0.717, 1.165) is 0 Å². The molecule has 0 atom stereocenters. The molecular formula is C12H9ClN4O. The highest BCUT2D eigenvalue weighted by molar-refractivity contribution is 6.31. The molecule has 0 saturated carbocycles. The average molecular weight is 261 g/mol. The van der Waals surface area contributed by atoms with Gasteiger partial charge >= 0.3 is 0 Å². The van der Waals surface area contributed by atoms with Crippen LogP contribution in [0.2, 0.25) is 5.02 Å². The number of rotatable bonds is 2. The SMILES string of the molecule is Cn1cc(C(=O)Nc2cc(Cl)ccc2C#N)cn1. The van der Waals surface area contributed by atoms with Gasteiger partial charge < -0.3 is 5.32 Å². The van der Waals surface area contributed by atoms with E-state index in [1.165, 1.54) is 16.9 Å². The minimum atomic E-state index is -0.332. The normalized spacial score (nSPS) is 9.83. The van der Waals surface area contributed by atoms with Crippen molar-refractivity contribution >= 4 is 23.2 Å². The van der Waals surface area contributed by atoms with Crippen LogP contribution in [0.3, 0.4) is 0 Å². The van der Waals surface area contributed by atoms with E-state index in [4.69, 9.17) is 16.9 Å². The Morgan fingerprint density at radius 1 is 1.56 bits per heavy atom. The standard InChI is InChI=1S/C12H9ClN4O/c1-17-7-9(6-15-17)12(18)16-11-4-10(13)3-2-8(11)5-14/h2-4,6-7H,1H3,(H,16,18). The number of hydrogen-bond donors (Lipinski definition) is 1. The molecule has 1 N–H and O–H groups in total. The van der Waals surface area contributed by atoms with Gasteiger partial charge in [-0.3, -0.25) is 9.48 Å². The lowest BCUT2D eigenvalue weighted by Crippen LogP contribution is -2.12. The average Bonchev–Trinajstić information content (AvgIpc) is 2.76. The summed E-state index contributed by atoms with van der Waals surface area (Å²) in [5.41, 5.74) is 1.16. The van der Waals surface area contributed by atoms with Gasteiger partial charge in [0.15, 0.2) is 0 Å². The fraction of sp³-hybridized carbons (Fsp3) is 0.0833. The van der Waals surface area contributed by atoms with Crippen molar-refractivity contribution in [3.05, 3.63) is 46.7 Å². The lowest BCUT2D eigenvalue weighted by Gasteiger charge is -2.05. The van der Waals surface area contributed by atoms with E-state index < -0.39 is 0 Å². The van der Waals surface area contributed by atoms with Gasteiger partial charge in [0.2, 0.25) is 0 Å². The van der Waals surface area contributed by atoms with Crippen LogP contribution in [0.1, 0.15) is 15.9 Å². The molecule has 0 aliphatic rings. The van der Waals surface area contributed by atoms with Gasteiger partial charge in [0.05, 0.1) is 23.0 Å². The summed E-state index contributed by atoms with van der Waals surface area (Å²) in [6, 6.07) is 6.68. The highest BCUT2D eigenvalue weighted by Gasteiger charge is 2.11. The second-order valence-corrected chi connectivity index (χ2v) is 4.09. The second-order valence-electron chi connectivity index (χ2n) is 3.66. The molecule has 0 fully saturated rings. The first-order valence-electron chi connectivity index (χ1n) is 5.10. The minimum Gasteiger partial charge on any atom is -0.321 e. The molecule has 1 amide bonds. The number of anilines is 1. The van der Waals surface area contributed by atoms with Gasteiger partial charge in [0.1, 0.15) is 6.07 Å². The molecule has 0 aliphatic heterocycles. The monoisotopic (exact) mass is 260 g/mol. The van der Waals surface area contributed by atoms with Crippen molar-refractivity contribution in [2.45, 2.75) is 0 Å². The van der Waals surface area contributed by atoms with Crippen molar-refractivity contribution in [2.24, 2.45) is 7.05 Å². The zero-order valence-electron chi connectivity index (χ0n) is 9.51. The third-order valence-corrected chi connectivity index (χ3v) is 2.55. The van der Waals surface area contributed by atoms with Gasteiger partial charge in [-0.05, 0) is 18.2 Å². The summed E-state index contributed by atoms with van der Waals surface area (Å²) >= 11 is 5.83. The first-order chi connectivity index (χ1) is 8.60. The van der Waals surface area contributed by atoms with E-state index in [1.54, 1.807) is 25.4 Å². The van der Waals surface area contributed by atoms with Crippen LogP contribution in [0.25, 0.3) is 0 Å². The Morgan fingerprint density at radius 2 is 2.33 bits per heavy atom. The van der Waals surface area contributed by atoms with Gasteiger partial charge in [-0.15, -0.1) is 0 Å². The van der Waals surface area contributed by atoms with E-state index >= 15 is 0 Å². The molecule has 0 radical (unpaired) electrons. The smallest absolute Gasteiger partial charge is 0.258 e. The number of carbonyl (C=O) groups excluding carboxylic acids is 1. The van der Waals surface area contributed by atoms with Crippen molar-refractivity contribution in [3.63, 3.8) is 0 Å². The van der Waals surface area contributed by atoms with Crippen LogP contribution in [0, 0.1) is 11.3 Å². The summed E-state index contributed by atoms with van der Waals surface area (Å²) in [5, 5.41) is 15.9. The molecule has 1 aromatic heterocycles. The number of halogens is 1. The molecule has 0 bridgehead atoms. The Kier molecular flexibility index (Phi) is 3.31. The fourth-order valence-corrected chi connectivity index (χ4v) is 1.62. The van der Waals surface area contributed by atoms with Gasteiger partial charge in [-0.25, -0.2) is 0 Å². The predicted molar refractivity (Wildman–Crippen MR) is 67.3 cm³/mol. The maximum Gasteiger partial charge on any atom is 0.258 e. The molecule has 0 unspecified atom stereocenters. The van der Waals surface area contributed by atoms with Crippen LogP contribution in [-0.4, -0.2) is 15.7 Å². The van der Waals surface area contributed by atoms with E-state index in [1.807, 2.05) is 6.07 Å². The largest absolute Gasteiger partial charge is 0.321 e. The topological polar surface area (TPSA) is 70.7 Å². The zero-order valence-corrected chi connectivity index (χ0v) is 10.3. The van der Waals surface area contributed by atoms with Crippen LogP contribution in [0.5, 0.6) is 0 Å². The molecule has 2 rings (SSSR count). The fourth-order valence-electron chi connectivity index (χ4n) is 1.45. The Morgan fingerprint density at radius 3 is 2.94 bits per heavy atom.